The fourth-order valence-electron chi connectivity index (χ4n) is 5.19. The minimum absolute atomic E-state index is 0.133. The summed E-state index contributed by atoms with van der Waals surface area (Å²) in [4.78, 5) is 0. The Morgan fingerprint density at radius 1 is 0.485 bits per heavy atom. The van der Waals surface area contributed by atoms with Crippen molar-refractivity contribution in [2.45, 2.75) is 181 Å². The molecule has 0 aliphatic rings. The van der Waals surface area contributed by atoms with Crippen LogP contribution in [0.1, 0.15) is 169 Å². The monoisotopic (exact) mass is 469 g/mol. The van der Waals surface area contributed by atoms with Gasteiger partial charge in [0, 0.05) is 0 Å². The van der Waals surface area contributed by atoms with Crippen LogP contribution in [0.2, 0.25) is 0 Å². The first-order chi connectivity index (χ1) is 15.6. The van der Waals surface area contributed by atoms with Crippen LogP contribution in [0, 0.1) is 0 Å². The number of hydrogen-bond acceptors (Lipinski definition) is 1. The first-order valence-corrected chi connectivity index (χ1v) is 15.2. The molecule has 0 aromatic rings. The fourth-order valence-corrected chi connectivity index (χ4v) is 5.19. The number of likely N-dealkylation sites (N-methyl/N-ethyl adjacent to an activating group) is 1. The number of rotatable bonds is 24. The van der Waals surface area contributed by atoms with Gasteiger partial charge >= 0.3 is 0 Å². The maximum absolute atomic E-state index is 11.4. The number of nitrogens with zero attached hydrogens (tertiary/aromatic N) is 1. The summed E-state index contributed by atoms with van der Waals surface area (Å²) in [6.07, 6.45) is 28.3. The summed E-state index contributed by atoms with van der Waals surface area (Å²) in [5.41, 5.74) is -0.749. The van der Waals surface area contributed by atoms with Crippen LogP contribution in [0.25, 0.3) is 0 Å². The third kappa shape index (κ3) is 14.8. The molecule has 1 unspecified atom stereocenters. The van der Waals surface area contributed by atoms with Gasteiger partial charge in [-0.3, -0.25) is 0 Å². The zero-order valence-electron chi connectivity index (χ0n) is 24.5. The zero-order chi connectivity index (χ0) is 25.1. The highest BCUT2D eigenvalue weighted by atomic mass is 16.3. The summed E-state index contributed by atoms with van der Waals surface area (Å²) in [5, 5.41) is 11.4. The van der Waals surface area contributed by atoms with E-state index in [1.54, 1.807) is 0 Å². The van der Waals surface area contributed by atoms with Crippen molar-refractivity contribution < 1.29 is 9.59 Å². The van der Waals surface area contributed by atoms with Crippen LogP contribution in [0.3, 0.4) is 0 Å². The second kappa shape index (κ2) is 19.1. The summed E-state index contributed by atoms with van der Waals surface area (Å²) < 4.78 is 0.911. The molecule has 0 aliphatic carbocycles. The van der Waals surface area contributed by atoms with Crippen LogP contribution >= 0.6 is 0 Å². The van der Waals surface area contributed by atoms with Crippen LogP contribution in [0.4, 0.5) is 0 Å². The van der Waals surface area contributed by atoms with Gasteiger partial charge in [-0.1, -0.05) is 129 Å². The van der Waals surface area contributed by atoms with Gasteiger partial charge in [-0.2, -0.15) is 0 Å². The molecule has 0 saturated carbocycles. The van der Waals surface area contributed by atoms with Crippen LogP contribution in [0.15, 0.2) is 0 Å². The molecule has 0 aliphatic heterocycles. The molecule has 0 fully saturated rings. The first-order valence-electron chi connectivity index (χ1n) is 15.2. The molecule has 0 heterocycles. The third-order valence-corrected chi connectivity index (χ3v) is 8.92. The molecule has 1 atom stereocenters. The van der Waals surface area contributed by atoms with Crippen molar-refractivity contribution in [3.8, 4) is 0 Å². The second-order valence-corrected chi connectivity index (χ2v) is 12.4. The van der Waals surface area contributed by atoms with Crippen molar-refractivity contribution in [1.29, 1.82) is 0 Å². The maximum atomic E-state index is 11.4. The van der Waals surface area contributed by atoms with Crippen molar-refractivity contribution >= 4 is 0 Å². The molecular formula is C31H66NO+. The SMILES string of the molecule is CCCCCCCCCCCCC(C)(O)C(C)(C)[N+](C)(C)CCCCCCCCCCCC. The molecule has 0 aromatic heterocycles. The molecule has 0 rings (SSSR count). The zero-order valence-corrected chi connectivity index (χ0v) is 24.5. The highest BCUT2D eigenvalue weighted by Crippen LogP contribution is 2.36. The lowest BCUT2D eigenvalue weighted by molar-refractivity contribution is -0.946. The predicted octanol–water partition coefficient (Wildman–Crippen LogP) is 9.82. The van der Waals surface area contributed by atoms with Gasteiger partial charge < -0.3 is 9.59 Å². The first kappa shape index (κ1) is 32.9. The minimum Gasteiger partial charge on any atom is -0.384 e. The summed E-state index contributed by atoms with van der Waals surface area (Å²) in [5.74, 6) is 0. The lowest BCUT2D eigenvalue weighted by Gasteiger charge is -2.52. The van der Waals surface area contributed by atoms with Crippen LogP contribution < -0.4 is 0 Å². The predicted molar refractivity (Wildman–Crippen MR) is 150 cm³/mol. The third-order valence-electron chi connectivity index (χ3n) is 8.92. The van der Waals surface area contributed by atoms with Crippen molar-refractivity contribution in [1.82, 2.24) is 0 Å². The molecule has 200 valence electrons. The lowest BCUT2D eigenvalue weighted by atomic mass is 9.77. The van der Waals surface area contributed by atoms with Crippen molar-refractivity contribution in [2.75, 3.05) is 20.6 Å². The summed E-state index contributed by atoms with van der Waals surface area (Å²) in [7, 11) is 4.67. The van der Waals surface area contributed by atoms with E-state index in [1.807, 2.05) is 0 Å². The maximum Gasteiger partial charge on any atom is 0.122 e. The Morgan fingerprint density at radius 3 is 1.15 bits per heavy atom. The van der Waals surface area contributed by atoms with Gasteiger partial charge in [0.1, 0.15) is 11.1 Å². The smallest absolute Gasteiger partial charge is 0.122 e. The Morgan fingerprint density at radius 2 is 0.788 bits per heavy atom. The molecule has 0 radical (unpaired) electrons. The largest absolute Gasteiger partial charge is 0.384 e. The lowest BCUT2D eigenvalue weighted by Crippen LogP contribution is -2.67. The number of unbranched alkanes of at least 4 members (excludes halogenated alkanes) is 18. The van der Waals surface area contributed by atoms with Crippen molar-refractivity contribution in [2.24, 2.45) is 0 Å². The molecule has 2 nitrogen and oxygen atoms in total. The van der Waals surface area contributed by atoms with Gasteiger partial charge in [0.15, 0.2) is 0 Å². The molecule has 0 bridgehead atoms. The Balaban J connectivity index is 4.04. The number of hydrogen-bond donors (Lipinski definition) is 1. The fraction of sp³-hybridized carbons (Fsp3) is 1.00. The van der Waals surface area contributed by atoms with E-state index in [4.69, 9.17) is 0 Å². The molecule has 0 spiro atoms. The second-order valence-electron chi connectivity index (χ2n) is 12.4. The van der Waals surface area contributed by atoms with Crippen LogP contribution in [-0.4, -0.2) is 41.4 Å². The van der Waals surface area contributed by atoms with Crippen molar-refractivity contribution in [3.63, 3.8) is 0 Å². The van der Waals surface area contributed by atoms with Crippen molar-refractivity contribution in [3.05, 3.63) is 0 Å². The quantitative estimate of drug-likeness (QED) is 0.110. The Labute approximate surface area is 210 Å². The highest BCUT2D eigenvalue weighted by molar-refractivity contribution is 4.91. The topological polar surface area (TPSA) is 20.2 Å². The molecule has 2 heteroatoms. The molecule has 0 amide bonds. The Bertz CT molecular complexity index is 389. The average molecular weight is 469 g/mol. The van der Waals surface area contributed by atoms with Gasteiger partial charge in [0.05, 0.1) is 20.6 Å². The van der Waals surface area contributed by atoms with E-state index in [2.05, 4.69) is 48.7 Å². The van der Waals surface area contributed by atoms with Gasteiger partial charge in [0.25, 0.3) is 0 Å². The van der Waals surface area contributed by atoms with Gasteiger partial charge in [0.2, 0.25) is 0 Å². The van der Waals surface area contributed by atoms with E-state index in [1.165, 1.54) is 122 Å². The van der Waals surface area contributed by atoms with E-state index in [-0.39, 0.29) is 5.54 Å². The van der Waals surface area contributed by atoms with E-state index in [0.717, 1.165) is 23.9 Å². The molecule has 1 N–H and O–H groups in total. The minimum atomic E-state index is -0.616. The molecule has 0 aromatic carbocycles. The summed E-state index contributed by atoms with van der Waals surface area (Å²) in [6.45, 7) is 12.4. The van der Waals surface area contributed by atoms with E-state index >= 15 is 0 Å². The standard InChI is InChI=1S/C31H66NO/c1-8-10-12-14-16-18-20-22-24-26-28-31(5,33)30(3,4)32(6,7)29-27-25-23-21-19-17-15-13-11-9-2/h33H,8-29H2,1-7H3/q+1. The van der Waals surface area contributed by atoms with E-state index < -0.39 is 5.60 Å². The molecular weight excluding hydrogens is 402 g/mol. The van der Waals surface area contributed by atoms with Crippen LogP contribution in [-0.2, 0) is 0 Å². The Kier molecular flexibility index (Phi) is 19.1. The summed E-state index contributed by atoms with van der Waals surface area (Å²) >= 11 is 0. The van der Waals surface area contributed by atoms with Gasteiger partial charge in [-0.05, 0) is 40.0 Å². The average Bonchev–Trinajstić information content (AvgIpc) is 2.76. The number of aliphatic hydroxyl groups is 1. The Hall–Kier alpha value is -0.0800. The number of quaternary nitrogens is 1. The van der Waals surface area contributed by atoms with E-state index in [0.29, 0.717) is 0 Å². The van der Waals surface area contributed by atoms with Gasteiger partial charge in [-0.25, -0.2) is 0 Å². The van der Waals surface area contributed by atoms with Gasteiger partial charge in [-0.15, -0.1) is 0 Å². The highest BCUT2D eigenvalue weighted by Gasteiger charge is 2.50. The van der Waals surface area contributed by atoms with E-state index in [9.17, 15) is 5.11 Å². The summed E-state index contributed by atoms with van der Waals surface area (Å²) in [6, 6.07) is 0. The molecule has 0 saturated heterocycles. The van der Waals surface area contributed by atoms with Crippen LogP contribution in [0.5, 0.6) is 0 Å². The normalized spacial score (nSPS) is 14.5. The molecule has 33 heavy (non-hydrogen) atoms.